The molecule has 0 atom stereocenters. The molecule has 3 aromatic carbocycles. The number of benzene rings is 3. The minimum Gasteiger partial charge on any atom is -0.354 e. The van der Waals surface area contributed by atoms with E-state index in [1.807, 2.05) is 48.7 Å². The molecular formula is C23H19ClN2. The maximum absolute atomic E-state index is 6.45. The van der Waals surface area contributed by atoms with Gasteiger partial charge in [-0.05, 0) is 49.2 Å². The predicted molar refractivity (Wildman–Crippen MR) is 112 cm³/mol. The van der Waals surface area contributed by atoms with Crippen molar-refractivity contribution in [3.05, 3.63) is 88.4 Å². The normalized spacial score (nSPS) is 11.5. The number of halogens is 1. The van der Waals surface area contributed by atoms with Crippen LogP contribution in [0.15, 0.2) is 71.7 Å². The van der Waals surface area contributed by atoms with Crippen LogP contribution in [0.4, 0.5) is 5.69 Å². The molecule has 1 aromatic heterocycles. The predicted octanol–water partition coefficient (Wildman–Crippen LogP) is 6.86. The highest BCUT2D eigenvalue weighted by molar-refractivity contribution is 6.33. The van der Waals surface area contributed by atoms with Gasteiger partial charge in [-0.1, -0.05) is 54.1 Å². The van der Waals surface area contributed by atoms with E-state index in [0.717, 1.165) is 38.4 Å². The van der Waals surface area contributed by atoms with Crippen molar-refractivity contribution in [3.63, 3.8) is 0 Å². The fourth-order valence-electron chi connectivity index (χ4n) is 3.12. The summed E-state index contributed by atoms with van der Waals surface area (Å²) in [5.41, 5.74) is 7.55. The van der Waals surface area contributed by atoms with Crippen molar-refractivity contribution in [2.24, 2.45) is 4.99 Å². The lowest BCUT2D eigenvalue weighted by Crippen LogP contribution is -1.87. The topological polar surface area (TPSA) is 28.1 Å². The van der Waals surface area contributed by atoms with Crippen molar-refractivity contribution >= 4 is 34.4 Å². The number of aliphatic imine (C=N–C) groups is 1. The Balaban J connectivity index is 1.88. The van der Waals surface area contributed by atoms with Crippen molar-refractivity contribution in [1.29, 1.82) is 0 Å². The molecule has 0 spiro atoms. The average Bonchev–Trinajstić information content (AvgIpc) is 3.01. The van der Waals surface area contributed by atoms with E-state index >= 15 is 0 Å². The van der Waals surface area contributed by atoms with E-state index in [2.05, 4.69) is 43.1 Å². The van der Waals surface area contributed by atoms with Crippen molar-refractivity contribution in [3.8, 4) is 11.3 Å². The molecule has 4 rings (SSSR count). The first-order valence-corrected chi connectivity index (χ1v) is 8.98. The van der Waals surface area contributed by atoms with Gasteiger partial charge in [0.1, 0.15) is 0 Å². The summed E-state index contributed by atoms with van der Waals surface area (Å²) < 4.78 is 0. The monoisotopic (exact) mass is 358 g/mol. The number of aryl methyl sites for hydroxylation is 2. The SMILES string of the molecule is Cc1ccc(/N=C/c2c(-c3ccccc3Cl)[nH]c3ccccc23)cc1C. The van der Waals surface area contributed by atoms with Gasteiger partial charge in [0.25, 0.3) is 0 Å². The Morgan fingerprint density at radius 3 is 2.46 bits per heavy atom. The van der Waals surface area contributed by atoms with Crippen LogP contribution in [-0.2, 0) is 0 Å². The van der Waals surface area contributed by atoms with Gasteiger partial charge in [-0.3, -0.25) is 4.99 Å². The third kappa shape index (κ3) is 3.04. The second kappa shape index (κ2) is 6.81. The van der Waals surface area contributed by atoms with Crippen LogP contribution < -0.4 is 0 Å². The van der Waals surface area contributed by atoms with Crippen LogP contribution in [-0.4, -0.2) is 11.2 Å². The quantitative estimate of drug-likeness (QED) is 0.388. The van der Waals surface area contributed by atoms with Gasteiger partial charge >= 0.3 is 0 Å². The minimum atomic E-state index is 0.722. The molecule has 0 saturated heterocycles. The van der Waals surface area contributed by atoms with Gasteiger partial charge in [0.2, 0.25) is 0 Å². The van der Waals surface area contributed by atoms with E-state index in [-0.39, 0.29) is 0 Å². The number of aromatic amines is 1. The first-order valence-electron chi connectivity index (χ1n) is 8.60. The Hall–Kier alpha value is -2.84. The van der Waals surface area contributed by atoms with Crippen LogP contribution in [0.1, 0.15) is 16.7 Å². The Morgan fingerprint density at radius 1 is 0.885 bits per heavy atom. The largest absolute Gasteiger partial charge is 0.354 e. The van der Waals surface area contributed by atoms with E-state index in [4.69, 9.17) is 16.6 Å². The van der Waals surface area contributed by atoms with E-state index < -0.39 is 0 Å². The second-order valence-corrected chi connectivity index (χ2v) is 6.87. The lowest BCUT2D eigenvalue weighted by atomic mass is 10.1. The third-order valence-electron chi connectivity index (χ3n) is 4.72. The van der Waals surface area contributed by atoms with Crippen molar-refractivity contribution in [2.75, 3.05) is 0 Å². The van der Waals surface area contributed by atoms with Gasteiger partial charge in [-0.2, -0.15) is 0 Å². The summed E-state index contributed by atoms with van der Waals surface area (Å²) >= 11 is 6.45. The van der Waals surface area contributed by atoms with Gasteiger partial charge in [0.05, 0.1) is 11.4 Å². The molecule has 0 radical (unpaired) electrons. The molecule has 0 aliphatic rings. The summed E-state index contributed by atoms with van der Waals surface area (Å²) in [4.78, 5) is 8.23. The van der Waals surface area contributed by atoms with E-state index in [1.54, 1.807) is 0 Å². The number of H-pyrrole nitrogens is 1. The van der Waals surface area contributed by atoms with Crippen molar-refractivity contribution < 1.29 is 0 Å². The maximum Gasteiger partial charge on any atom is 0.0632 e. The lowest BCUT2D eigenvalue weighted by Gasteiger charge is -2.04. The molecule has 0 unspecified atom stereocenters. The maximum atomic E-state index is 6.45. The first kappa shape index (κ1) is 16.6. The molecule has 0 fully saturated rings. The summed E-state index contributed by atoms with van der Waals surface area (Å²) in [6, 6.07) is 22.4. The Morgan fingerprint density at radius 2 is 1.65 bits per heavy atom. The van der Waals surface area contributed by atoms with Crippen molar-refractivity contribution in [1.82, 2.24) is 4.98 Å². The number of fused-ring (bicyclic) bond motifs is 1. The number of para-hydroxylation sites is 1. The van der Waals surface area contributed by atoms with Gasteiger partial charge in [-0.15, -0.1) is 0 Å². The molecule has 0 aliphatic carbocycles. The van der Waals surface area contributed by atoms with Crippen molar-refractivity contribution in [2.45, 2.75) is 13.8 Å². The van der Waals surface area contributed by atoms with Gasteiger partial charge < -0.3 is 4.98 Å². The summed E-state index contributed by atoms with van der Waals surface area (Å²) in [6.07, 6.45) is 1.93. The molecule has 26 heavy (non-hydrogen) atoms. The number of aromatic nitrogens is 1. The van der Waals surface area contributed by atoms with Crippen LogP contribution in [0.25, 0.3) is 22.2 Å². The number of hydrogen-bond donors (Lipinski definition) is 1. The Labute approximate surface area is 158 Å². The number of rotatable bonds is 3. The fourth-order valence-corrected chi connectivity index (χ4v) is 3.35. The second-order valence-electron chi connectivity index (χ2n) is 6.47. The number of nitrogens with one attached hydrogen (secondary N) is 1. The molecule has 0 saturated carbocycles. The van der Waals surface area contributed by atoms with E-state index in [0.29, 0.717) is 0 Å². The zero-order valence-corrected chi connectivity index (χ0v) is 15.5. The fraction of sp³-hybridized carbons (Fsp3) is 0.0870. The van der Waals surface area contributed by atoms with Gasteiger partial charge in [0.15, 0.2) is 0 Å². The molecule has 0 bridgehead atoms. The standard InChI is InChI=1S/C23H19ClN2/c1-15-11-12-17(13-16(15)2)25-14-20-18-7-4-6-10-22(18)26-23(20)19-8-3-5-9-21(19)24/h3-14,26H,1-2H3/b25-14+. The number of nitrogens with zero attached hydrogens (tertiary/aromatic N) is 1. The summed E-state index contributed by atoms with van der Waals surface area (Å²) in [6.45, 7) is 4.22. The molecule has 0 aliphatic heterocycles. The lowest BCUT2D eigenvalue weighted by molar-refractivity contribution is 1.33. The highest BCUT2D eigenvalue weighted by Crippen LogP contribution is 2.33. The molecule has 1 heterocycles. The number of hydrogen-bond acceptors (Lipinski definition) is 1. The molecule has 4 aromatic rings. The highest BCUT2D eigenvalue weighted by atomic mass is 35.5. The zero-order valence-electron chi connectivity index (χ0n) is 14.8. The van der Waals surface area contributed by atoms with Gasteiger partial charge in [0, 0.05) is 33.3 Å². The smallest absolute Gasteiger partial charge is 0.0632 e. The van der Waals surface area contributed by atoms with Crippen LogP contribution >= 0.6 is 11.6 Å². The molecule has 3 heteroatoms. The minimum absolute atomic E-state index is 0.722. The van der Waals surface area contributed by atoms with Crippen LogP contribution in [0.3, 0.4) is 0 Å². The van der Waals surface area contributed by atoms with Crippen LogP contribution in [0.2, 0.25) is 5.02 Å². The molecule has 2 nitrogen and oxygen atoms in total. The first-order chi connectivity index (χ1) is 12.6. The molecule has 128 valence electrons. The van der Waals surface area contributed by atoms with Gasteiger partial charge in [-0.25, -0.2) is 0 Å². The summed E-state index contributed by atoms with van der Waals surface area (Å²) in [7, 11) is 0. The molecule has 0 amide bonds. The third-order valence-corrected chi connectivity index (χ3v) is 5.05. The average molecular weight is 359 g/mol. The molecule has 1 N–H and O–H groups in total. The van der Waals surface area contributed by atoms with Crippen LogP contribution in [0.5, 0.6) is 0 Å². The Kier molecular flexibility index (Phi) is 4.36. The summed E-state index contributed by atoms with van der Waals surface area (Å²) in [5, 5.41) is 1.86. The zero-order chi connectivity index (χ0) is 18.1. The molecular weight excluding hydrogens is 340 g/mol. The van der Waals surface area contributed by atoms with Crippen LogP contribution in [0, 0.1) is 13.8 Å². The Bertz CT molecular complexity index is 1120. The van der Waals surface area contributed by atoms with E-state index in [1.165, 1.54) is 11.1 Å². The highest BCUT2D eigenvalue weighted by Gasteiger charge is 2.13. The van der Waals surface area contributed by atoms with E-state index in [9.17, 15) is 0 Å². The summed E-state index contributed by atoms with van der Waals surface area (Å²) in [5.74, 6) is 0.